The summed E-state index contributed by atoms with van der Waals surface area (Å²) in [7, 11) is 2.14. The Balaban J connectivity index is 2.04. The van der Waals surface area contributed by atoms with Crippen LogP contribution in [0, 0.1) is 0 Å². The lowest BCUT2D eigenvalue weighted by molar-refractivity contribution is 0.409. The number of pyridine rings is 1. The number of aromatic nitrogens is 3. The first-order valence-electron chi connectivity index (χ1n) is 5.43. The second-order valence-corrected chi connectivity index (χ2v) is 4.82. The van der Waals surface area contributed by atoms with Gasteiger partial charge < -0.3 is 4.90 Å². The topological polar surface area (TPSA) is 33.4 Å². The zero-order valence-corrected chi connectivity index (χ0v) is 9.85. The van der Waals surface area contributed by atoms with Gasteiger partial charge in [0.05, 0.1) is 0 Å². The van der Waals surface area contributed by atoms with Crippen molar-refractivity contribution in [2.24, 2.45) is 0 Å². The van der Waals surface area contributed by atoms with Crippen LogP contribution in [0.2, 0.25) is 5.02 Å². The number of likely N-dealkylation sites (tertiary alicyclic amines) is 1. The van der Waals surface area contributed by atoms with Gasteiger partial charge >= 0.3 is 0 Å². The quantitative estimate of drug-likeness (QED) is 0.757. The van der Waals surface area contributed by atoms with E-state index in [0.717, 1.165) is 31.0 Å². The minimum Gasteiger partial charge on any atom is -0.306 e. The Morgan fingerprint density at radius 2 is 2.31 bits per heavy atom. The molecule has 1 saturated heterocycles. The molecule has 0 spiro atoms. The summed E-state index contributed by atoms with van der Waals surface area (Å²) in [6.07, 6.45) is 3.10. The normalized spacial score (nSPS) is 22.0. The summed E-state index contributed by atoms with van der Waals surface area (Å²) >= 11 is 5.92. The molecule has 1 aliphatic heterocycles. The first kappa shape index (κ1) is 10.1. The predicted molar refractivity (Wildman–Crippen MR) is 62.9 cm³/mol. The molecular weight excluding hydrogens is 224 g/mol. The van der Waals surface area contributed by atoms with E-state index in [0.29, 0.717) is 10.9 Å². The van der Waals surface area contributed by atoms with Crippen LogP contribution in [0.15, 0.2) is 18.3 Å². The lowest BCUT2D eigenvalue weighted by Crippen LogP contribution is -2.14. The van der Waals surface area contributed by atoms with E-state index in [2.05, 4.69) is 22.1 Å². The van der Waals surface area contributed by atoms with Gasteiger partial charge in [-0.1, -0.05) is 11.6 Å². The van der Waals surface area contributed by atoms with Crippen LogP contribution in [-0.2, 0) is 0 Å². The van der Waals surface area contributed by atoms with Gasteiger partial charge in [0.25, 0.3) is 0 Å². The number of fused-ring (bicyclic) bond motifs is 1. The van der Waals surface area contributed by atoms with E-state index in [1.165, 1.54) is 0 Å². The average molecular weight is 237 g/mol. The smallest absolute Gasteiger partial charge is 0.162 e. The molecule has 0 aromatic carbocycles. The van der Waals surface area contributed by atoms with E-state index in [9.17, 15) is 0 Å². The average Bonchev–Trinajstić information content (AvgIpc) is 2.83. The maximum absolute atomic E-state index is 5.92. The third-order valence-electron chi connectivity index (χ3n) is 3.15. The van der Waals surface area contributed by atoms with Crippen molar-refractivity contribution in [3.8, 4) is 0 Å². The van der Waals surface area contributed by atoms with Gasteiger partial charge in [0, 0.05) is 29.7 Å². The summed E-state index contributed by atoms with van der Waals surface area (Å²) in [6.45, 7) is 2.19. The summed E-state index contributed by atoms with van der Waals surface area (Å²) < 4.78 is 2.04. The largest absolute Gasteiger partial charge is 0.306 e. The van der Waals surface area contributed by atoms with Gasteiger partial charge in [-0.05, 0) is 26.1 Å². The molecule has 0 amide bonds. The minimum absolute atomic E-state index is 0.487. The molecule has 16 heavy (non-hydrogen) atoms. The Labute approximate surface area is 98.8 Å². The Hall–Kier alpha value is -1.13. The van der Waals surface area contributed by atoms with E-state index in [-0.39, 0.29) is 0 Å². The molecule has 0 N–H and O–H groups in total. The predicted octanol–water partition coefficient (Wildman–Crippen LogP) is 1.80. The van der Waals surface area contributed by atoms with Gasteiger partial charge in [0.1, 0.15) is 5.82 Å². The van der Waals surface area contributed by atoms with Crippen molar-refractivity contribution in [3.05, 3.63) is 29.2 Å². The van der Waals surface area contributed by atoms with Gasteiger partial charge in [-0.25, -0.2) is 0 Å². The van der Waals surface area contributed by atoms with E-state index >= 15 is 0 Å². The SMILES string of the molecule is CN1CCC(c2nnc3cc(Cl)ccn23)C1. The van der Waals surface area contributed by atoms with Crippen LogP contribution in [-0.4, -0.2) is 39.6 Å². The van der Waals surface area contributed by atoms with Gasteiger partial charge in [0.15, 0.2) is 5.65 Å². The van der Waals surface area contributed by atoms with Crippen molar-refractivity contribution >= 4 is 17.2 Å². The van der Waals surface area contributed by atoms with Crippen molar-refractivity contribution in [2.45, 2.75) is 12.3 Å². The van der Waals surface area contributed by atoms with Crippen molar-refractivity contribution in [3.63, 3.8) is 0 Å². The van der Waals surface area contributed by atoms with E-state index < -0.39 is 0 Å². The molecule has 3 rings (SSSR count). The van der Waals surface area contributed by atoms with E-state index in [1.54, 1.807) is 0 Å². The maximum atomic E-state index is 5.92. The Bertz CT molecular complexity index is 522. The summed E-state index contributed by atoms with van der Waals surface area (Å²) in [4.78, 5) is 2.32. The maximum Gasteiger partial charge on any atom is 0.162 e. The van der Waals surface area contributed by atoms with Crippen molar-refractivity contribution in [1.29, 1.82) is 0 Å². The van der Waals surface area contributed by atoms with Gasteiger partial charge in [0.2, 0.25) is 0 Å². The van der Waals surface area contributed by atoms with E-state index in [4.69, 9.17) is 11.6 Å². The van der Waals surface area contributed by atoms with Crippen LogP contribution in [0.1, 0.15) is 18.2 Å². The highest BCUT2D eigenvalue weighted by Crippen LogP contribution is 2.25. The molecular formula is C11H13ClN4. The van der Waals surface area contributed by atoms with Crippen molar-refractivity contribution in [2.75, 3.05) is 20.1 Å². The lowest BCUT2D eigenvalue weighted by Gasteiger charge is -2.08. The highest BCUT2D eigenvalue weighted by molar-refractivity contribution is 6.30. The highest BCUT2D eigenvalue weighted by Gasteiger charge is 2.25. The Morgan fingerprint density at radius 3 is 3.06 bits per heavy atom. The monoisotopic (exact) mass is 236 g/mol. The van der Waals surface area contributed by atoms with Gasteiger partial charge in [-0.3, -0.25) is 4.40 Å². The van der Waals surface area contributed by atoms with Crippen LogP contribution in [0.25, 0.3) is 5.65 Å². The summed E-state index contributed by atoms with van der Waals surface area (Å²) in [5, 5.41) is 9.14. The van der Waals surface area contributed by atoms with Crippen LogP contribution >= 0.6 is 11.6 Å². The fourth-order valence-corrected chi connectivity index (χ4v) is 2.46. The van der Waals surface area contributed by atoms with Gasteiger partial charge in [-0.2, -0.15) is 0 Å². The molecule has 0 saturated carbocycles. The second kappa shape index (κ2) is 3.71. The molecule has 84 valence electrons. The van der Waals surface area contributed by atoms with Gasteiger partial charge in [-0.15, -0.1) is 10.2 Å². The zero-order chi connectivity index (χ0) is 11.1. The van der Waals surface area contributed by atoms with Crippen molar-refractivity contribution in [1.82, 2.24) is 19.5 Å². The molecule has 1 unspecified atom stereocenters. The van der Waals surface area contributed by atoms with Crippen LogP contribution in [0.4, 0.5) is 0 Å². The first-order valence-corrected chi connectivity index (χ1v) is 5.80. The summed E-state index contributed by atoms with van der Waals surface area (Å²) in [6, 6.07) is 3.72. The molecule has 1 aliphatic rings. The van der Waals surface area contributed by atoms with E-state index in [1.807, 2.05) is 22.7 Å². The number of nitrogens with zero attached hydrogens (tertiary/aromatic N) is 4. The molecule has 4 nitrogen and oxygen atoms in total. The lowest BCUT2D eigenvalue weighted by atomic mass is 10.1. The Morgan fingerprint density at radius 1 is 1.44 bits per heavy atom. The van der Waals surface area contributed by atoms with Crippen LogP contribution in [0.5, 0.6) is 0 Å². The van der Waals surface area contributed by atoms with Crippen LogP contribution < -0.4 is 0 Å². The molecule has 0 bridgehead atoms. The Kier molecular flexibility index (Phi) is 2.33. The molecule has 5 heteroatoms. The summed E-state index contributed by atoms with van der Waals surface area (Å²) in [5.41, 5.74) is 0.831. The fraction of sp³-hybridized carbons (Fsp3) is 0.455. The third kappa shape index (κ3) is 1.58. The number of likely N-dealkylation sites (N-methyl/N-ethyl adjacent to an activating group) is 1. The summed E-state index contributed by atoms with van der Waals surface area (Å²) in [5.74, 6) is 1.54. The number of rotatable bonds is 1. The standard InChI is InChI=1S/C11H13ClN4/c1-15-4-2-8(7-15)11-14-13-10-6-9(12)3-5-16(10)11/h3,5-6,8H,2,4,7H2,1H3. The number of hydrogen-bond donors (Lipinski definition) is 0. The number of halogens is 1. The number of hydrogen-bond acceptors (Lipinski definition) is 3. The molecule has 2 aromatic rings. The highest BCUT2D eigenvalue weighted by atomic mass is 35.5. The molecule has 2 aromatic heterocycles. The zero-order valence-electron chi connectivity index (χ0n) is 9.10. The van der Waals surface area contributed by atoms with Crippen molar-refractivity contribution < 1.29 is 0 Å². The third-order valence-corrected chi connectivity index (χ3v) is 3.39. The second-order valence-electron chi connectivity index (χ2n) is 4.38. The molecule has 0 aliphatic carbocycles. The minimum atomic E-state index is 0.487. The molecule has 1 fully saturated rings. The molecule has 0 radical (unpaired) electrons. The molecule has 1 atom stereocenters. The first-order chi connectivity index (χ1) is 7.74. The molecule has 3 heterocycles. The fourth-order valence-electron chi connectivity index (χ4n) is 2.31. The van der Waals surface area contributed by atoms with Crippen LogP contribution in [0.3, 0.4) is 0 Å².